The zero-order chi connectivity index (χ0) is 23.4. The van der Waals surface area contributed by atoms with Crippen molar-refractivity contribution in [2.45, 2.75) is 50.4 Å². The average Bonchev–Trinajstić information content (AvgIpc) is 2.95. The van der Waals surface area contributed by atoms with Crippen LogP contribution in [0.25, 0.3) is 0 Å². The molecule has 32 heavy (non-hydrogen) atoms. The minimum Gasteiger partial charge on any atom is -0.355 e. The van der Waals surface area contributed by atoms with E-state index in [1.165, 1.54) is 24.0 Å². The predicted octanol–water partition coefficient (Wildman–Crippen LogP) is 3.57. The normalized spacial score (nSPS) is 16.2. The van der Waals surface area contributed by atoms with Crippen molar-refractivity contribution in [1.82, 2.24) is 24.8 Å². The molecule has 176 valence electrons. The van der Waals surface area contributed by atoms with Gasteiger partial charge >= 0.3 is 6.18 Å². The Morgan fingerprint density at radius 2 is 1.91 bits per heavy atom. The van der Waals surface area contributed by atoms with E-state index < -0.39 is 17.3 Å². The number of nitrogens with one attached hydrogen (secondary N) is 1. The van der Waals surface area contributed by atoms with Crippen molar-refractivity contribution in [2.24, 2.45) is 0 Å². The first-order valence-corrected chi connectivity index (χ1v) is 11.6. The van der Waals surface area contributed by atoms with E-state index in [0.29, 0.717) is 24.1 Å². The number of anilines is 1. The van der Waals surface area contributed by atoms with Gasteiger partial charge in [-0.05, 0) is 25.9 Å². The van der Waals surface area contributed by atoms with Crippen LogP contribution in [-0.2, 0) is 11.6 Å². The number of nitrogens with zero attached hydrogens (tertiary/aromatic N) is 5. The van der Waals surface area contributed by atoms with E-state index in [1.54, 1.807) is 0 Å². The fourth-order valence-electron chi connectivity index (χ4n) is 3.38. The molecule has 3 rings (SSSR count). The number of aromatic amines is 1. The minimum atomic E-state index is -4.51. The van der Waals surface area contributed by atoms with Gasteiger partial charge < -0.3 is 14.8 Å². The molecule has 3 heterocycles. The Hall–Kier alpha value is -2.14. The van der Waals surface area contributed by atoms with Crippen molar-refractivity contribution >= 4 is 17.6 Å². The second-order valence-corrected chi connectivity index (χ2v) is 9.89. The lowest BCUT2D eigenvalue weighted by Crippen LogP contribution is -2.33. The smallest absolute Gasteiger partial charge is 0.355 e. The first-order valence-electron chi connectivity index (χ1n) is 10.6. The van der Waals surface area contributed by atoms with Gasteiger partial charge in [0.1, 0.15) is 17.3 Å². The van der Waals surface area contributed by atoms with E-state index in [9.17, 15) is 18.0 Å². The molecule has 1 saturated heterocycles. The fourth-order valence-corrected chi connectivity index (χ4v) is 4.16. The molecule has 1 aliphatic rings. The molecule has 0 amide bonds. The monoisotopic (exact) mass is 470 g/mol. The lowest BCUT2D eigenvalue weighted by atomic mass is 9.95. The molecule has 2 aromatic heterocycles. The highest BCUT2D eigenvalue weighted by atomic mass is 32.2. The SMILES string of the molecule is CC(C)(C)c1nc(N2CCCN(CCCSc3nccc(=O)[nH]3)CC2)cc(C(F)(F)F)n1. The highest BCUT2D eigenvalue weighted by Crippen LogP contribution is 2.32. The van der Waals surface area contributed by atoms with Crippen molar-refractivity contribution in [3.63, 3.8) is 0 Å². The molecule has 1 fully saturated rings. The van der Waals surface area contributed by atoms with Crippen molar-refractivity contribution in [3.8, 4) is 0 Å². The quantitative estimate of drug-likeness (QED) is 0.393. The van der Waals surface area contributed by atoms with E-state index in [4.69, 9.17) is 0 Å². The van der Waals surface area contributed by atoms with Gasteiger partial charge in [-0.1, -0.05) is 32.5 Å². The van der Waals surface area contributed by atoms with Crippen LogP contribution in [0.5, 0.6) is 0 Å². The number of hydrogen-bond acceptors (Lipinski definition) is 7. The highest BCUT2D eigenvalue weighted by molar-refractivity contribution is 7.99. The molecule has 0 atom stereocenters. The van der Waals surface area contributed by atoms with Gasteiger partial charge in [0.15, 0.2) is 5.16 Å². The number of hydrogen-bond donors (Lipinski definition) is 1. The number of halogens is 3. The summed E-state index contributed by atoms with van der Waals surface area (Å²) in [5.41, 5.74) is -1.63. The van der Waals surface area contributed by atoms with Gasteiger partial charge in [0.05, 0.1) is 0 Å². The van der Waals surface area contributed by atoms with Crippen LogP contribution in [-0.4, -0.2) is 63.3 Å². The molecule has 0 spiro atoms. The van der Waals surface area contributed by atoms with Crippen molar-refractivity contribution in [3.05, 3.63) is 40.2 Å². The molecule has 1 aliphatic heterocycles. The Morgan fingerprint density at radius 3 is 2.59 bits per heavy atom. The number of H-pyrrole nitrogens is 1. The molecule has 0 unspecified atom stereocenters. The highest BCUT2D eigenvalue weighted by Gasteiger charge is 2.35. The van der Waals surface area contributed by atoms with Crippen LogP contribution in [0, 0.1) is 0 Å². The maximum absolute atomic E-state index is 13.4. The molecule has 0 saturated carbocycles. The third kappa shape index (κ3) is 6.93. The molecule has 0 bridgehead atoms. The minimum absolute atomic E-state index is 0.164. The Kier molecular flexibility index (Phi) is 7.81. The Morgan fingerprint density at radius 1 is 1.12 bits per heavy atom. The zero-order valence-electron chi connectivity index (χ0n) is 18.6. The van der Waals surface area contributed by atoms with E-state index in [-0.39, 0.29) is 11.4 Å². The van der Waals surface area contributed by atoms with Crippen LogP contribution in [0.15, 0.2) is 28.3 Å². The Balaban J connectivity index is 1.59. The van der Waals surface area contributed by atoms with Gasteiger partial charge in [-0.2, -0.15) is 13.2 Å². The predicted molar refractivity (Wildman–Crippen MR) is 119 cm³/mol. The van der Waals surface area contributed by atoms with E-state index in [1.807, 2.05) is 25.7 Å². The molecular weight excluding hydrogens is 441 g/mol. The lowest BCUT2D eigenvalue weighted by molar-refractivity contribution is -0.141. The average molecular weight is 471 g/mol. The molecule has 7 nitrogen and oxygen atoms in total. The van der Waals surface area contributed by atoms with Gasteiger partial charge in [0.2, 0.25) is 0 Å². The third-order valence-electron chi connectivity index (χ3n) is 5.09. The fraction of sp³-hybridized carbons (Fsp3) is 0.619. The summed E-state index contributed by atoms with van der Waals surface area (Å²) in [7, 11) is 0. The van der Waals surface area contributed by atoms with Crippen LogP contribution in [0.1, 0.15) is 45.1 Å². The summed E-state index contributed by atoms with van der Waals surface area (Å²) in [5, 5.41) is 0.610. The maximum atomic E-state index is 13.4. The van der Waals surface area contributed by atoms with Crippen molar-refractivity contribution in [1.29, 1.82) is 0 Å². The lowest BCUT2D eigenvalue weighted by Gasteiger charge is -2.26. The zero-order valence-corrected chi connectivity index (χ0v) is 19.4. The summed E-state index contributed by atoms with van der Waals surface area (Å²) in [5.74, 6) is 1.37. The largest absolute Gasteiger partial charge is 0.433 e. The summed E-state index contributed by atoms with van der Waals surface area (Å²) >= 11 is 1.51. The van der Waals surface area contributed by atoms with Gasteiger partial charge in [-0.25, -0.2) is 15.0 Å². The summed E-state index contributed by atoms with van der Waals surface area (Å²) in [6.45, 7) is 9.21. The van der Waals surface area contributed by atoms with Crippen LogP contribution in [0.2, 0.25) is 0 Å². The number of rotatable bonds is 6. The first kappa shape index (κ1) is 24.5. The van der Waals surface area contributed by atoms with Crippen LogP contribution in [0.4, 0.5) is 19.0 Å². The third-order valence-corrected chi connectivity index (χ3v) is 6.07. The maximum Gasteiger partial charge on any atom is 0.433 e. The molecule has 0 aliphatic carbocycles. The second kappa shape index (κ2) is 10.2. The van der Waals surface area contributed by atoms with Crippen LogP contribution >= 0.6 is 11.8 Å². The number of aromatic nitrogens is 4. The van der Waals surface area contributed by atoms with E-state index in [0.717, 1.165) is 44.3 Å². The number of alkyl halides is 3. The Labute approximate surface area is 189 Å². The van der Waals surface area contributed by atoms with Crippen LogP contribution in [0.3, 0.4) is 0 Å². The molecule has 11 heteroatoms. The molecule has 0 aromatic carbocycles. The second-order valence-electron chi connectivity index (χ2n) is 8.81. The molecular formula is C21H29F3N6OS. The standard InChI is InChI=1S/C21H29F3N6OS/c1-20(2,3)18-26-15(21(22,23)24)14-16(27-18)30-10-4-8-29(11-12-30)9-5-13-32-19-25-7-6-17(31)28-19/h6-7,14H,4-5,8-13H2,1-3H3,(H,25,28,31). The number of thioether (sulfide) groups is 1. The van der Waals surface area contributed by atoms with Crippen molar-refractivity contribution in [2.75, 3.05) is 43.4 Å². The van der Waals surface area contributed by atoms with Gasteiger partial charge in [0.25, 0.3) is 5.56 Å². The van der Waals surface area contributed by atoms with Gasteiger partial charge in [0, 0.05) is 49.1 Å². The summed E-state index contributed by atoms with van der Waals surface area (Å²) in [6, 6.07) is 2.45. The van der Waals surface area contributed by atoms with Gasteiger partial charge in [-0.3, -0.25) is 4.79 Å². The molecule has 2 aromatic rings. The summed E-state index contributed by atoms with van der Waals surface area (Å²) in [4.78, 5) is 30.7. The first-order chi connectivity index (χ1) is 15.0. The van der Waals surface area contributed by atoms with Crippen molar-refractivity contribution < 1.29 is 13.2 Å². The molecule has 0 radical (unpaired) electrons. The van der Waals surface area contributed by atoms with E-state index in [2.05, 4.69) is 24.8 Å². The summed E-state index contributed by atoms with van der Waals surface area (Å²) in [6.07, 6.45) is -1.25. The summed E-state index contributed by atoms with van der Waals surface area (Å²) < 4.78 is 40.3. The molecule has 1 N–H and O–H groups in total. The van der Waals surface area contributed by atoms with E-state index >= 15 is 0 Å². The Bertz CT molecular complexity index is 927. The van der Waals surface area contributed by atoms with Gasteiger partial charge in [-0.15, -0.1) is 0 Å². The topological polar surface area (TPSA) is 78.0 Å². The van der Waals surface area contributed by atoms with Crippen LogP contribution < -0.4 is 10.5 Å².